The third-order valence-corrected chi connectivity index (χ3v) is 3.55. The molecule has 2 fully saturated rings. The molecular weight excluding hydrogens is 220 g/mol. The first-order chi connectivity index (χ1) is 8.13. The molecule has 3 atom stereocenters. The molecule has 0 aromatic heterocycles. The molecule has 2 saturated heterocycles. The Labute approximate surface area is 101 Å². The highest BCUT2D eigenvalue weighted by atomic mass is 16.5. The van der Waals surface area contributed by atoms with Crippen molar-refractivity contribution in [2.24, 2.45) is 0 Å². The van der Waals surface area contributed by atoms with E-state index in [9.17, 15) is 9.59 Å². The van der Waals surface area contributed by atoms with Gasteiger partial charge in [0.2, 0.25) is 11.8 Å². The number of carbonyl (C=O) groups excluding carboxylic acids is 2. The Kier molecular flexibility index (Phi) is 3.66. The Morgan fingerprint density at radius 1 is 1.47 bits per heavy atom. The minimum absolute atomic E-state index is 0.0286. The van der Waals surface area contributed by atoms with Crippen LogP contribution in [0.15, 0.2) is 0 Å². The minimum Gasteiger partial charge on any atom is -0.379 e. The maximum absolute atomic E-state index is 12.4. The van der Waals surface area contributed by atoms with Crippen LogP contribution in [0, 0.1) is 0 Å². The lowest BCUT2D eigenvalue weighted by Gasteiger charge is -2.33. The second-order valence-electron chi connectivity index (χ2n) is 4.84. The highest BCUT2D eigenvalue weighted by Gasteiger charge is 2.38. The number of hydrogen-bond donors (Lipinski definition) is 1. The first-order valence-corrected chi connectivity index (χ1v) is 6.32. The first kappa shape index (κ1) is 12.4. The molecule has 0 spiro atoms. The van der Waals surface area contributed by atoms with Gasteiger partial charge >= 0.3 is 0 Å². The van der Waals surface area contributed by atoms with Crippen molar-refractivity contribution >= 4 is 11.8 Å². The molecule has 2 aliphatic heterocycles. The normalized spacial score (nSPS) is 34.7. The van der Waals surface area contributed by atoms with Gasteiger partial charge in [-0.05, 0) is 19.8 Å². The van der Waals surface area contributed by atoms with Crippen LogP contribution in [0.25, 0.3) is 0 Å². The van der Waals surface area contributed by atoms with E-state index >= 15 is 0 Å². The topological polar surface area (TPSA) is 58.6 Å². The largest absolute Gasteiger partial charge is 0.379 e. The number of amides is 2. The zero-order valence-corrected chi connectivity index (χ0v) is 10.4. The van der Waals surface area contributed by atoms with Crippen molar-refractivity contribution in [3.8, 4) is 0 Å². The second-order valence-corrected chi connectivity index (χ2v) is 4.84. The molecule has 0 bridgehead atoms. The van der Waals surface area contributed by atoms with Crippen LogP contribution in [0.2, 0.25) is 0 Å². The van der Waals surface area contributed by atoms with E-state index in [0.29, 0.717) is 26.1 Å². The molecule has 3 unspecified atom stereocenters. The Morgan fingerprint density at radius 3 is 2.82 bits per heavy atom. The van der Waals surface area contributed by atoms with E-state index in [0.717, 1.165) is 6.42 Å². The predicted octanol–water partition coefficient (Wildman–Crippen LogP) is 0.291. The molecule has 2 amide bonds. The quantitative estimate of drug-likeness (QED) is 0.755. The second kappa shape index (κ2) is 5.04. The minimum atomic E-state index is -0.368. The average Bonchev–Trinajstić information content (AvgIpc) is 2.75. The third-order valence-electron chi connectivity index (χ3n) is 3.55. The summed E-state index contributed by atoms with van der Waals surface area (Å²) in [5.74, 6) is 0.0143. The van der Waals surface area contributed by atoms with Crippen molar-refractivity contribution < 1.29 is 14.3 Å². The molecule has 5 nitrogen and oxygen atoms in total. The maximum Gasteiger partial charge on any atom is 0.245 e. The summed E-state index contributed by atoms with van der Waals surface area (Å²) in [4.78, 5) is 25.9. The van der Waals surface area contributed by atoms with Gasteiger partial charge in [-0.1, -0.05) is 6.92 Å². The van der Waals surface area contributed by atoms with Gasteiger partial charge in [-0.3, -0.25) is 9.59 Å². The van der Waals surface area contributed by atoms with Gasteiger partial charge in [0.25, 0.3) is 0 Å². The molecule has 2 aliphatic rings. The van der Waals surface area contributed by atoms with Crippen LogP contribution >= 0.6 is 0 Å². The van der Waals surface area contributed by atoms with Crippen molar-refractivity contribution in [3.63, 3.8) is 0 Å². The van der Waals surface area contributed by atoms with Crippen LogP contribution < -0.4 is 5.32 Å². The summed E-state index contributed by atoms with van der Waals surface area (Å²) in [6.45, 7) is 5.16. The summed E-state index contributed by atoms with van der Waals surface area (Å²) in [6, 6.07) is -0.266. The van der Waals surface area contributed by atoms with Crippen LogP contribution in [-0.2, 0) is 14.3 Å². The van der Waals surface area contributed by atoms with Gasteiger partial charge in [0.15, 0.2) is 0 Å². The molecule has 2 rings (SSSR count). The lowest BCUT2D eigenvalue weighted by Crippen LogP contribution is -2.51. The van der Waals surface area contributed by atoms with Gasteiger partial charge in [-0.25, -0.2) is 0 Å². The maximum atomic E-state index is 12.4. The van der Waals surface area contributed by atoms with E-state index < -0.39 is 0 Å². The summed E-state index contributed by atoms with van der Waals surface area (Å²) in [5.41, 5.74) is 0. The predicted molar refractivity (Wildman–Crippen MR) is 62.4 cm³/mol. The molecule has 0 aromatic carbocycles. The Bertz CT molecular complexity index is 313. The SMILES string of the molecule is CCC1NC(=O)CC(C)N(C2CCOC2)C1=O. The number of nitrogens with zero attached hydrogens (tertiary/aromatic N) is 1. The van der Waals surface area contributed by atoms with Crippen LogP contribution in [-0.4, -0.2) is 48.1 Å². The van der Waals surface area contributed by atoms with Crippen LogP contribution in [0.3, 0.4) is 0 Å². The zero-order valence-electron chi connectivity index (χ0n) is 10.4. The van der Waals surface area contributed by atoms with Crippen LogP contribution in [0.4, 0.5) is 0 Å². The molecule has 17 heavy (non-hydrogen) atoms. The van der Waals surface area contributed by atoms with Crippen molar-refractivity contribution in [2.45, 2.75) is 51.2 Å². The molecule has 1 N–H and O–H groups in total. The highest BCUT2D eigenvalue weighted by Crippen LogP contribution is 2.21. The fraction of sp³-hybridized carbons (Fsp3) is 0.833. The Morgan fingerprint density at radius 2 is 2.24 bits per heavy atom. The first-order valence-electron chi connectivity index (χ1n) is 6.32. The van der Waals surface area contributed by atoms with E-state index in [1.807, 2.05) is 18.7 Å². The van der Waals surface area contributed by atoms with Gasteiger partial charge in [-0.2, -0.15) is 0 Å². The van der Waals surface area contributed by atoms with Crippen molar-refractivity contribution in [3.05, 3.63) is 0 Å². The summed E-state index contributed by atoms with van der Waals surface area (Å²) in [5, 5.41) is 2.79. The fourth-order valence-electron chi connectivity index (χ4n) is 2.64. The van der Waals surface area contributed by atoms with E-state index in [-0.39, 0.29) is 29.9 Å². The van der Waals surface area contributed by atoms with E-state index in [1.165, 1.54) is 0 Å². The lowest BCUT2D eigenvalue weighted by molar-refractivity contribution is -0.137. The molecular formula is C12H20N2O3. The van der Waals surface area contributed by atoms with Gasteiger partial charge in [0, 0.05) is 19.1 Å². The standard InChI is InChI=1S/C12H20N2O3/c1-3-10-12(16)14(9-4-5-17-7-9)8(2)6-11(15)13-10/h8-10H,3-7H2,1-2H3,(H,13,15). The van der Waals surface area contributed by atoms with Crippen molar-refractivity contribution in [1.82, 2.24) is 10.2 Å². The average molecular weight is 240 g/mol. The summed E-state index contributed by atoms with van der Waals surface area (Å²) in [6.07, 6.45) is 1.90. The van der Waals surface area contributed by atoms with Gasteiger partial charge < -0.3 is 15.0 Å². The monoisotopic (exact) mass is 240 g/mol. The summed E-state index contributed by atoms with van der Waals surface area (Å²) < 4.78 is 5.34. The zero-order chi connectivity index (χ0) is 12.4. The van der Waals surface area contributed by atoms with Crippen LogP contribution in [0.1, 0.15) is 33.1 Å². The smallest absolute Gasteiger partial charge is 0.245 e. The number of nitrogens with one attached hydrogen (secondary N) is 1. The number of hydrogen-bond acceptors (Lipinski definition) is 3. The van der Waals surface area contributed by atoms with Gasteiger partial charge in [-0.15, -0.1) is 0 Å². The molecule has 0 aliphatic carbocycles. The molecule has 0 aromatic rings. The summed E-state index contributed by atoms with van der Waals surface area (Å²) in [7, 11) is 0. The van der Waals surface area contributed by atoms with E-state index in [4.69, 9.17) is 4.74 Å². The van der Waals surface area contributed by atoms with Crippen molar-refractivity contribution in [1.29, 1.82) is 0 Å². The van der Waals surface area contributed by atoms with Gasteiger partial charge in [0.05, 0.1) is 12.6 Å². The van der Waals surface area contributed by atoms with E-state index in [2.05, 4.69) is 5.32 Å². The fourth-order valence-corrected chi connectivity index (χ4v) is 2.64. The molecule has 2 heterocycles. The van der Waals surface area contributed by atoms with E-state index in [1.54, 1.807) is 0 Å². The Hall–Kier alpha value is -1.10. The number of carbonyl (C=O) groups is 2. The molecule has 5 heteroatoms. The van der Waals surface area contributed by atoms with Crippen molar-refractivity contribution in [2.75, 3.05) is 13.2 Å². The van der Waals surface area contributed by atoms with Crippen LogP contribution in [0.5, 0.6) is 0 Å². The molecule has 0 saturated carbocycles. The highest BCUT2D eigenvalue weighted by molar-refractivity contribution is 5.90. The molecule has 0 radical (unpaired) electrons. The lowest BCUT2D eigenvalue weighted by atomic mass is 10.1. The Balaban J connectivity index is 2.19. The number of ether oxygens (including phenoxy) is 1. The van der Waals surface area contributed by atoms with Gasteiger partial charge in [0.1, 0.15) is 6.04 Å². The molecule has 96 valence electrons. The third kappa shape index (κ3) is 2.44. The number of rotatable bonds is 2. The summed E-state index contributed by atoms with van der Waals surface area (Å²) >= 11 is 0.